The highest BCUT2D eigenvalue weighted by atomic mass is 35.5. The lowest BCUT2D eigenvalue weighted by molar-refractivity contribution is 0.687. The topological polar surface area (TPSA) is 12.0 Å². The average molecular weight is 304 g/mol. The van der Waals surface area contributed by atoms with E-state index in [1.54, 1.807) is 0 Å². The van der Waals surface area contributed by atoms with Gasteiger partial charge in [-0.05, 0) is 42.2 Å². The standard InChI is InChI=1S/C17H18ClNS/c18-17-4-2-1-3-14(17)12-20-16-9-5-13(6-10-16)11-19-15-7-8-15/h1-6,9-10,15,19H,7-8,11-12H2. The molecule has 1 nitrogen and oxygen atoms in total. The second kappa shape index (κ2) is 6.66. The monoisotopic (exact) mass is 303 g/mol. The van der Waals surface area contributed by atoms with E-state index < -0.39 is 0 Å². The molecule has 2 aromatic carbocycles. The smallest absolute Gasteiger partial charge is 0.0446 e. The van der Waals surface area contributed by atoms with Gasteiger partial charge in [-0.3, -0.25) is 0 Å². The molecule has 0 heterocycles. The molecule has 1 aliphatic carbocycles. The number of halogens is 1. The minimum absolute atomic E-state index is 0.768. The maximum Gasteiger partial charge on any atom is 0.0446 e. The van der Waals surface area contributed by atoms with Gasteiger partial charge >= 0.3 is 0 Å². The van der Waals surface area contributed by atoms with E-state index in [0.717, 1.165) is 23.4 Å². The van der Waals surface area contributed by atoms with E-state index in [9.17, 15) is 0 Å². The minimum atomic E-state index is 0.768. The number of thioether (sulfide) groups is 1. The van der Waals surface area contributed by atoms with E-state index in [0.29, 0.717) is 0 Å². The molecule has 0 amide bonds. The van der Waals surface area contributed by atoms with Gasteiger partial charge in [0.1, 0.15) is 0 Å². The van der Waals surface area contributed by atoms with E-state index >= 15 is 0 Å². The van der Waals surface area contributed by atoms with Crippen molar-refractivity contribution in [1.29, 1.82) is 0 Å². The van der Waals surface area contributed by atoms with Crippen molar-refractivity contribution in [1.82, 2.24) is 5.32 Å². The first kappa shape index (κ1) is 14.0. The number of benzene rings is 2. The van der Waals surface area contributed by atoms with Gasteiger partial charge in [0.2, 0.25) is 0 Å². The maximum absolute atomic E-state index is 6.17. The molecule has 1 N–H and O–H groups in total. The van der Waals surface area contributed by atoms with E-state index in [2.05, 4.69) is 35.6 Å². The van der Waals surface area contributed by atoms with Crippen LogP contribution >= 0.6 is 23.4 Å². The molecule has 3 heteroatoms. The van der Waals surface area contributed by atoms with Crippen LogP contribution in [0.4, 0.5) is 0 Å². The number of nitrogens with one attached hydrogen (secondary N) is 1. The van der Waals surface area contributed by atoms with Crippen LogP contribution < -0.4 is 5.32 Å². The van der Waals surface area contributed by atoms with E-state index in [4.69, 9.17) is 11.6 Å². The molecule has 20 heavy (non-hydrogen) atoms. The molecule has 3 rings (SSSR count). The van der Waals surface area contributed by atoms with Crippen LogP contribution in [0, 0.1) is 0 Å². The van der Waals surface area contributed by atoms with Crippen molar-refractivity contribution >= 4 is 23.4 Å². The Labute approximate surface area is 129 Å². The molecule has 0 saturated heterocycles. The molecule has 0 unspecified atom stereocenters. The molecule has 0 aliphatic heterocycles. The first-order chi connectivity index (χ1) is 9.81. The van der Waals surface area contributed by atoms with Gasteiger partial charge in [0.15, 0.2) is 0 Å². The Morgan fingerprint density at radius 1 is 1.05 bits per heavy atom. The minimum Gasteiger partial charge on any atom is -0.310 e. The summed E-state index contributed by atoms with van der Waals surface area (Å²) in [5.41, 5.74) is 2.55. The molecule has 1 fully saturated rings. The molecule has 0 bridgehead atoms. The molecule has 0 atom stereocenters. The van der Waals surface area contributed by atoms with Gasteiger partial charge in [-0.15, -0.1) is 11.8 Å². The second-order valence-corrected chi connectivity index (χ2v) is 6.64. The normalized spacial score (nSPS) is 14.4. The van der Waals surface area contributed by atoms with Crippen molar-refractivity contribution in [2.24, 2.45) is 0 Å². The van der Waals surface area contributed by atoms with Crippen LogP contribution in [-0.2, 0) is 12.3 Å². The third-order valence-corrected chi connectivity index (χ3v) is 4.88. The van der Waals surface area contributed by atoms with Crippen LogP contribution in [0.1, 0.15) is 24.0 Å². The van der Waals surface area contributed by atoms with E-state index in [1.165, 1.54) is 28.9 Å². The van der Waals surface area contributed by atoms with Gasteiger partial charge in [-0.25, -0.2) is 0 Å². The first-order valence-corrected chi connectivity index (χ1v) is 8.36. The molecular formula is C17H18ClNS. The summed E-state index contributed by atoms with van der Waals surface area (Å²) in [6.07, 6.45) is 2.68. The van der Waals surface area contributed by atoms with Crippen LogP contribution in [0.5, 0.6) is 0 Å². The second-order valence-electron chi connectivity index (χ2n) is 5.18. The lowest BCUT2D eigenvalue weighted by Crippen LogP contribution is -2.14. The average Bonchev–Trinajstić information content (AvgIpc) is 3.30. The lowest BCUT2D eigenvalue weighted by atomic mass is 10.2. The quantitative estimate of drug-likeness (QED) is 0.763. The fourth-order valence-corrected chi connectivity index (χ4v) is 3.21. The van der Waals surface area contributed by atoms with E-state index in [1.807, 2.05) is 30.0 Å². The third kappa shape index (κ3) is 4.02. The third-order valence-electron chi connectivity index (χ3n) is 3.45. The Morgan fingerprint density at radius 3 is 2.50 bits per heavy atom. The maximum atomic E-state index is 6.17. The molecule has 104 valence electrons. The molecule has 1 aliphatic rings. The highest BCUT2D eigenvalue weighted by Gasteiger charge is 2.19. The summed E-state index contributed by atoms with van der Waals surface area (Å²) in [4.78, 5) is 1.29. The Balaban J connectivity index is 1.53. The summed E-state index contributed by atoms with van der Waals surface area (Å²) < 4.78 is 0. The van der Waals surface area contributed by atoms with Gasteiger partial charge in [-0.1, -0.05) is 41.9 Å². The summed E-state index contributed by atoms with van der Waals surface area (Å²) in [5, 5.41) is 4.39. The molecular weight excluding hydrogens is 286 g/mol. The van der Waals surface area contributed by atoms with Crippen LogP contribution in [0.25, 0.3) is 0 Å². The van der Waals surface area contributed by atoms with Crippen molar-refractivity contribution in [3.8, 4) is 0 Å². The van der Waals surface area contributed by atoms with Crippen molar-refractivity contribution in [2.75, 3.05) is 0 Å². The molecule has 1 saturated carbocycles. The highest BCUT2D eigenvalue weighted by molar-refractivity contribution is 7.98. The summed E-state index contributed by atoms with van der Waals surface area (Å²) in [7, 11) is 0. The zero-order valence-corrected chi connectivity index (χ0v) is 12.9. The van der Waals surface area contributed by atoms with Crippen molar-refractivity contribution < 1.29 is 0 Å². The van der Waals surface area contributed by atoms with Crippen LogP contribution in [0.15, 0.2) is 53.4 Å². The predicted molar refractivity (Wildman–Crippen MR) is 87.3 cm³/mol. The SMILES string of the molecule is Clc1ccccc1CSc1ccc(CNC2CC2)cc1. The molecule has 0 aromatic heterocycles. The van der Waals surface area contributed by atoms with Crippen LogP contribution in [-0.4, -0.2) is 6.04 Å². The van der Waals surface area contributed by atoms with Crippen molar-refractivity contribution in [3.63, 3.8) is 0 Å². The summed E-state index contributed by atoms with van der Waals surface area (Å²) >= 11 is 8.00. The highest BCUT2D eigenvalue weighted by Crippen LogP contribution is 2.27. The number of hydrogen-bond donors (Lipinski definition) is 1. The summed E-state index contributed by atoms with van der Waals surface area (Å²) in [6, 6.07) is 17.6. The van der Waals surface area contributed by atoms with E-state index in [-0.39, 0.29) is 0 Å². The van der Waals surface area contributed by atoms with Crippen molar-refractivity contribution in [2.45, 2.75) is 36.1 Å². The van der Waals surface area contributed by atoms with Gasteiger partial charge < -0.3 is 5.32 Å². The Bertz CT molecular complexity index is 563. The molecule has 0 spiro atoms. The Kier molecular flexibility index (Phi) is 4.66. The first-order valence-electron chi connectivity index (χ1n) is 7.00. The molecule has 0 radical (unpaired) electrons. The van der Waals surface area contributed by atoms with Crippen LogP contribution in [0.3, 0.4) is 0 Å². The number of hydrogen-bond acceptors (Lipinski definition) is 2. The van der Waals surface area contributed by atoms with Crippen LogP contribution in [0.2, 0.25) is 5.02 Å². The fraction of sp³-hybridized carbons (Fsp3) is 0.294. The predicted octanol–water partition coefficient (Wildman–Crippen LogP) is 4.88. The van der Waals surface area contributed by atoms with Gasteiger partial charge in [0.05, 0.1) is 0 Å². The Morgan fingerprint density at radius 2 is 1.80 bits per heavy atom. The largest absolute Gasteiger partial charge is 0.310 e. The lowest BCUT2D eigenvalue weighted by Gasteiger charge is -2.06. The van der Waals surface area contributed by atoms with Gasteiger partial charge in [-0.2, -0.15) is 0 Å². The zero-order chi connectivity index (χ0) is 13.8. The summed E-state index contributed by atoms with van der Waals surface area (Å²) in [6.45, 7) is 0.986. The number of rotatable bonds is 6. The van der Waals surface area contributed by atoms with Gasteiger partial charge in [0, 0.05) is 28.3 Å². The Hall–Kier alpha value is -0.960. The van der Waals surface area contributed by atoms with Crippen molar-refractivity contribution in [3.05, 3.63) is 64.7 Å². The van der Waals surface area contributed by atoms with Gasteiger partial charge in [0.25, 0.3) is 0 Å². The molecule has 2 aromatic rings. The summed E-state index contributed by atoms with van der Waals surface area (Å²) in [5.74, 6) is 0.916. The fourth-order valence-electron chi connectivity index (χ4n) is 2.03. The zero-order valence-electron chi connectivity index (χ0n) is 11.3.